The Bertz CT molecular complexity index is 1360. The minimum absolute atomic E-state index is 0.241. The van der Waals surface area contributed by atoms with Gasteiger partial charge in [0.1, 0.15) is 11.9 Å². The van der Waals surface area contributed by atoms with Gasteiger partial charge in [0.15, 0.2) is 0 Å². The Morgan fingerprint density at radius 2 is 1.50 bits per heavy atom. The van der Waals surface area contributed by atoms with Crippen LogP contribution in [0.2, 0.25) is 0 Å². The van der Waals surface area contributed by atoms with E-state index in [1.807, 2.05) is 66.1 Å². The first-order valence-corrected chi connectivity index (χ1v) is 11.2. The third-order valence-electron chi connectivity index (χ3n) is 6.19. The molecule has 1 aliphatic heterocycles. The number of imide groups is 1. The molecule has 1 aromatic heterocycles. The van der Waals surface area contributed by atoms with Crippen LogP contribution < -0.4 is 5.32 Å². The van der Waals surface area contributed by atoms with Crippen LogP contribution in [0.4, 0.5) is 0 Å². The Morgan fingerprint density at radius 1 is 0.882 bits per heavy atom. The number of carbonyl (C=O) groups is 3. The highest BCUT2D eigenvalue weighted by atomic mass is 16.2. The van der Waals surface area contributed by atoms with Gasteiger partial charge in [-0.3, -0.25) is 19.3 Å². The summed E-state index contributed by atoms with van der Waals surface area (Å²) in [7, 11) is 0. The van der Waals surface area contributed by atoms with Gasteiger partial charge in [-0.25, -0.2) is 4.98 Å². The van der Waals surface area contributed by atoms with E-state index in [1.54, 1.807) is 24.3 Å². The van der Waals surface area contributed by atoms with E-state index in [2.05, 4.69) is 10.3 Å². The quantitative estimate of drug-likeness (QED) is 0.436. The largest absolute Gasteiger partial charge is 0.352 e. The average Bonchev–Trinajstić information content (AvgIpc) is 3.31. The summed E-state index contributed by atoms with van der Waals surface area (Å²) in [5.41, 5.74) is 3.43. The molecule has 0 saturated carbocycles. The zero-order valence-corrected chi connectivity index (χ0v) is 18.8. The SMILES string of the molecule is Cc1nc2ccccc2n1CCNC(=O)[C@@H](Cc1ccccc1)N1C(=O)c2ccccc2C1=O. The van der Waals surface area contributed by atoms with E-state index in [9.17, 15) is 14.4 Å². The lowest BCUT2D eigenvalue weighted by molar-refractivity contribution is -0.125. The van der Waals surface area contributed by atoms with Gasteiger partial charge < -0.3 is 9.88 Å². The van der Waals surface area contributed by atoms with Gasteiger partial charge in [0.05, 0.1) is 22.2 Å². The molecule has 0 unspecified atom stereocenters. The van der Waals surface area contributed by atoms with Gasteiger partial charge in [0.2, 0.25) is 5.91 Å². The number of imidazole rings is 1. The van der Waals surface area contributed by atoms with Crippen molar-refractivity contribution in [1.29, 1.82) is 0 Å². The second kappa shape index (κ2) is 8.94. The zero-order valence-electron chi connectivity index (χ0n) is 18.8. The highest BCUT2D eigenvalue weighted by Gasteiger charge is 2.42. The molecule has 4 aromatic rings. The Labute approximate surface area is 197 Å². The van der Waals surface area contributed by atoms with Crippen molar-refractivity contribution in [3.63, 3.8) is 0 Å². The van der Waals surface area contributed by atoms with Gasteiger partial charge in [-0.05, 0) is 36.8 Å². The second-order valence-corrected chi connectivity index (χ2v) is 8.32. The summed E-state index contributed by atoms with van der Waals surface area (Å²) in [5, 5.41) is 2.94. The molecule has 3 amide bonds. The summed E-state index contributed by atoms with van der Waals surface area (Å²) in [5.74, 6) is -0.377. The van der Waals surface area contributed by atoms with Crippen LogP contribution in [0, 0.1) is 6.92 Å². The summed E-state index contributed by atoms with van der Waals surface area (Å²) in [4.78, 5) is 45.2. The third-order valence-corrected chi connectivity index (χ3v) is 6.19. The molecule has 7 nitrogen and oxygen atoms in total. The molecule has 3 aromatic carbocycles. The first-order valence-electron chi connectivity index (χ1n) is 11.2. The Kier molecular flexibility index (Phi) is 5.67. The summed E-state index contributed by atoms with van der Waals surface area (Å²) >= 11 is 0. The average molecular weight is 453 g/mol. The van der Waals surface area contributed by atoms with Crippen molar-refractivity contribution in [3.05, 3.63) is 101 Å². The number of aryl methyl sites for hydroxylation is 1. The molecule has 2 heterocycles. The number of fused-ring (bicyclic) bond motifs is 2. The van der Waals surface area contributed by atoms with E-state index in [-0.39, 0.29) is 12.3 Å². The number of hydrogen-bond acceptors (Lipinski definition) is 4. The normalized spacial score (nSPS) is 13.9. The molecule has 34 heavy (non-hydrogen) atoms. The standard InChI is InChI=1S/C27H24N4O3/c1-18-29-22-13-7-8-14-23(22)30(18)16-15-28-25(32)24(17-19-9-3-2-4-10-19)31-26(33)20-11-5-6-12-21(20)27(31)34/h2-14,24H,15-17H2,1H3,(H,28,32)/t24-/m1/s1. The second-order valence-electron chi connectivity index (χ2n) is 8.32. The van der Waals surface area contributed by atoms with E-state index in [0.29, 0.717) is 24.2 Å². The zero-order chi connectivity index (χ0) is 23.7. The molecule has 0 aliphatic carbocycles. The molecule has 0 spiro atoms. The summed E-state index contributed by atoms with van der Waals surface area (Å²) in [6.45, 7) is 2.80. The van der Waals surface area contributed by atoms with Gasteiger partial charge in [-0.2, -0.15) is 0 Å². The lowest BCUT2D eigenvalue weighted by atomic mass is 10.0. The topological polar surface area (TPSA) is 84.3 Å². The first kappa shape index (κ1) is 21.6. The van der Waals surface area contributed by atoms with Crippen LogP contribution in [0.3, 0.4) is 0 Å². The highest BCUT2D eigenvalue weighted by molar-refractivity contribution is 6.22. The third kappa shape index (κ3) is 3.85. The number of carbonyl (C=O) groups excluding carboxylic acids is 3. The van der Waals surface area contributed by atoms with E-state index in [4.69, 9.17) is 0 Å². The van der Waals surface area contributed by atoms with Gasteiger partial charge in [-0.1, -0.05) is 54.6 Å². The molecule has 0 fully saturated rings. The molecular formula is C27H24N4O3. The molecule has 0 saturated heterocycles. The van der Waals surface area contributed by atoms with Crippen molar-refractivity contribution in [2.75, 3.05) is 6.54 Å². The van der Waals surface area contributed by atoms with Crippen molar-refractivity contribution in [3.8, 4) is 0 Å². The van der Waals surface area contributed by atoms with Crippen LogP contribution in [0.25, 0.3) is 11.0 Å². The van der Waals surface area contributed by atoms with Gasteiger partial charge in [-0.15, -0.1) is 0 Å². The highest BCUT2D eigenvalue weighted by Crippen LogP contribution is 2.26. The van der Waals surface area contributed by atoms with Crippen LogP contribution in [-0.4, -0.2) is 44.8 Å². The molecule has 0 bridgehead atoms. The predicted octanol–water partition coefficient (Wildman–Crippen LogP) is 3.37. The lowest BCUT2D eigenvalue weighted by Crippen LogP contribution is -2.51. The number of aromatic nitrogens is 2. The van der Waals surface area contributed by atoms with Crippen LogP contribution in [-0.2, 0) is 17.8 Å². The predicted molar refractivity (Wildman–Crippen MR) is 128 cm³/mol. The van der Waals surface area contributed by atoms with E-state index < -0.39 is 17.9 Å². The molecule has 5 rings (SSSR count). The Morgan fingerprint density at radius 3 is 2.21 bits per heavy atom. The van der Waals surface area contributed by atoms with E-state index >= 15 is 0 Å². The van der Waals surface area contributed by atoms with E-state index in [0.717, 1.165) is 27.3 Å². The molecule has 1 atom stereocenters. The smallest absolute Gasteiger partial charge is 0.262 e. The van der Waals surface area contributed by atoms with Gasteiger partial charge in [0, 0.05) is 19.5 Å². The number of benzene rings is 3. The number of para-hydroxylation sites is 2. The van der Waals surface area contributed by atoms with Crippen LogP contribution in [0.15, 0.2) is 78.9 Å². The molecule has 0 radical (unpaired) electrons. The summed E-state index contributed by atoms with van der Waals surface area (Å²) in [6, 6.07) is 23.0. The van der Waals surface area contributed by atoms with Crippen LogP contribution in [0.1, 0.15) is 32.1 Å². The number of nitrogens with zero attached hydrogens (tertiary/aromatic N) is 3. The van der Waals surface area contributed by atoms with Gasteiger partial charge in [0.25, 0.3) is 11.8 Å². The van der Waals surface area contributed by atoms with E-state index in [1.165, 1.54) is 0 Å². The number of rotatable bonds is 7. The van der Waals surface area contributed by atoms with Crippen molar-refractivity contribution in [2.45, 2.75) is 25.9 Å². The molecule has 170 valence electrons. The monoisotopic (exact) mass is 452 g/mol. The summed E-state index contributed by atoms with van der Waals surface area (Å²) in [6.07, 6.45) is 0.241. The Balaban J connectivity index is 1.37. The van der Waals surface area contributed by atoms with Gasteiger partial charge >= 0.3 is 0 Å². The fourth-order valence-electron chi connectivity index (χ4n) is 4.52. The molecule has 1 N–H and O–H groups in total. The fraction of sp³-hybridized carbons (Fsp3) is 0.185. The lowest BCUT2D eigenvalue weighted by Gasteiger charge is -2.25. The number of amides is 3. The molecule has 1 aliphatic rings. The maximum absolute atomic E-state index is 13.4. The minimum Gasteiger partial charge on any atom is -0.352 e. The Hall–Kier alpha value is -4.26. The first-order chi connectivity index (χ1) is 16.5. The van der Waals surface area contributed by atoms with Crippen LogP contribution in [0.5, 0.6) is 0 Å². The fourth-order valence-corrected chi connectivity index (χ4v) is 4.52. The maximum atomic E-state index is 13.4. The maximum Gasteiger partial charge on any atom is 0.262 e. The summed E-state index contributed by atoms with van der Waals surface area (Å²) < 4.78 is 2.05. The van der Waals surface area contributed by atoms with Crippen molar-refractivity contribution >= 4 is 28.8 Å². The molecule has 7 heteroatoms. The number of hydrogen-bond donors (Lipinski definition) is 1. The molecular weight excluding hydrogens is 428 g/mol. The van der Waals surface area contributed by atoms with Crippen molar-refractivity contribution in [1.82, 2.24) is 19.8 Å². The van der Waals surface area contributed by atoms with Crippen LogP contribution >= 0.6 is 0 Å². The van der Waals surface area contributed by atoms with Crippen molar-refractivity contribution < 1.29 is 14.4 Å². The number of nitrogens with one attached hydrogen (secondary N) is 1. The minimum atomic E-state index is -0.949. The van der Waals surface area contributed by atoms with Crippen molar-refractivity contribution in [2.24, 2.45) is 0 Å².